The Balaban J connectivity index is 1.66. The Bertz CT molecular complexity index is 847. The molecule has 0 saturated carbocycles. The number of carbonyl (C=O) groups is 1. The molecule has 4 rings (SSSR count). The van der Waals surface area contributed by atoms with Gasteiger partial charge in [-0.1, -0.05) is 41.9 Å². The third kappa shape index (κ3) is 4.05. The first kappa shape index (κ1) is 18.2. The number of piperazine rings is 1. The van der Waals surface area contributed by atoms with Crippen molar-refractivity contribution in [3.8, 4) is 0 Å². The Kier molecular flexibility index (Phi) is 5.53. The summed E-state index contributed by atoms with van der Waals surface area (Å²) >= 11 is 6.29. The maximum atomic E-state index is 12.9. The van der Waals surface area contributed by atoms with Crippen molar-refractivity contribution in [3.05, 3.63) is 64.7 Å². The molecule has 2 heterocycles. The number of rotatable bonds is 4. The van der Waals surface area contributed by atoms with Gasteiger partial charge in [0.05, 0.1) is 11.4 Å². The maximum absolute atomic E-state index is 12.9. The number of nitrogens with one attached hydrogen (secondary N) is 1. The van der Waals surface area contributed by atoms with E-state index in [9.17, 15) is 4.79 Å². The van der Waals surface area contributed by atoms with Crippen LogP contribution in [-0.4, -0.2) is 62.3 Å². The van der Waals surface area contributed by atoms with Crippen LogP contribution in [0.2, 0.25) is 5.02 Å². The molecule has 0 aliphatic carbocycles. The molecule has 0 spiro atoms. The average Bonchev–Trinajstić information content (AvgIpc) is 2.84. The zero-order chi connectivity index (χ0) is 18.6. The molecule has 0 bridgehead atoms. The number of nitrogens with zero attached hydrogens (tertiary/aromatic N) is 3. The minimum atomic E-state index is 0.0274. The van der Waals surface area contributed by atoms with E-state index < -0.39 is 0 Å². The van der Waals surface area contributed by atoms with Crippen LogP contribution in [0, 0.1) is 0 Å². The summed E-state index contributed by atoms with van der Waals surface area (Å²) in [5, 5.41) is 4.01. The van der Waals surface area contributed by atoms with E-state index in [0.717, 1.165) is 55.2 Å². The standard InChI is InChI=1S/C21H23ClN4O/c22-17-6-7-19-18(14-17)21(16-4-2-1-3-5-16)24-15-20(27)26(19)13-12-25-10-8-23-9-11-25/h1-7,14,23H,8-13,15H2. The first-order valence-corrected chi connectivity index (χ1v) is 9.73. The van der Waals surface area contributed by atoms with Gasteiger partial charge in [-0.2, -0.15) is 0 Å². The van der Waals surface area contributed by atoms with E-state index in [2.05, 4.69) is 15.2 Å². The number of hydrogen-bond acceptors (Lipinski definition) is 4. The van der Waals surface area contributed by atoms with Crippen molar-refractivity contribution >= 4 is 28.9 Å². The number of hydrogen-bond donors (Lipinski definition) is 1. The van der Waals surface area contributed by atoms with E-state index in [4.69, 9.17) is 11.6 Å². The molecule has 1 fully saturated rings. The van der Waals surface area contributed by atoms with Crippen molar-refractivity contribution in [3.63, 3.8) is 0 Å². The van der Waals surface area contributed by atoms with Crippen molar-refractivity contribution in [2.45, 2.75) is 0 Å². The lowest BCUT2D eigenvalue weighted by Crippen LogP contribution is -2.47. The molecule has 1 N–H and O–H groups in total. The third-order valence-electron chi connectivity index (χ3n) is 5.07. The van der Waals surface area contributed by atoms with E-state index in [1.165, 1.54) is 0 Å². The molecule has 6 heteroatoms. The van der Waals surface area contributed by atoms with Crippen LogP contribution >= 0.6 is 11.6 Å². The van der Waals surface area contributed by atoms with Gasteiger partial charge in [-0.05, 0) is 18.2 Å². The lowest BCUT2D eigenvalue weighted by Gasteiger charge is -2.30. The predicted octanol–water partition coefficient (Wildman–Crippen LogP) is 2.43. The van der Waals surface area contributed by atoms with E-state index in [-0.39, 0.29) is 12.5 Å². The number of aliphatic imine (C=N–C) groups is 1. The summed E-state index contributed by atoms with van der Waals surface area (Å²) in [6.07, 6.45) is 0. The first-order valence-electron chi connectivity index (χ1n) is 9.35. The van der Waals surface area contributed by atoms with Gasteiger partial charge >= 0.3 is 0 Å². The Morgan fingerprint density at radius 2 is 1.81 bits per heavy atom. The van der Waals surface area contributed by atoms with E-state index in [1.807, 2.05) is 53.4 Å². The highest BCUT2D eigenvalue weighted by molar-refractivity contribution is 6.32. The van der Waals surface area contributed by atoms with Crippen LogP contribution < -0.4 is 10.2 Å². The van der Waals surface area contributed by atoms with Crippen LogP contribution in [0.3, 0.4) is 0 Å². The molecule has 140 valence electrons. The topological polar surface area (TPSA) is 47.9 Å². The highest BCUT2D eigenvalue weighted by atomic mass is 35.5. The molecule has 0 aromatic heterocycles. The molecule has 27 heavy (non-hydrogen) atoms. The summed E-state index contributed by atoms with van der Waals surface area (Å²) < 4.78 is 0. The summed E-state index contributed by atoms with van der Waals surface area (Å²) in [4.78, 5) is 21.8. The lowest BCUT2D eigenvalue weighted by atomic mass is 10.00. The summed E-state index contributed by atoms with van der Waals surface area (Å²) in [6, 6.07) is 15.7. The van der Waals surface area contributed by atoms with Gasteiger partial charge in [-0.15, -0.1) is 0 Å². The summed E-state index contributed by atoms with van der Waals surface area (Å²) in [6.45, 7) is 5.70. The monoisotopic (exact) mass is 382 g/mol. The maximum Gasteiger partial charge on any atom is 0.248 e. The van der Waals surface area contributed by atoms with Crippen molar-refractivity contribution in [2.24, 2.45) is 4.99 Å². The molecule has 2 aromatic carbocycles. The molecular weight excluding hydrogens is 360 g/mol. The van der Waals surface area contributed by atoms with Gasteiger partial charge in [-0.3, -0.25) is 14.7 Å². The van der Waals surface area contributed by atoms with E-state index in [1.54, 1.807) is 0 Å². The van der Waals surface area contributed by atoms with E-state index in [0.29, 0.717) is 11.6 Å². The predicted molar refractivity (Wildman–Crippen MR) is 110 cm³/mol. The third-order valence-corrected chi connectivity index (χ3v) is 5.31. The smallest absolute Gasteiger partial charge is 0.248 e. The summed E-state index contributed by atoms with van der Waals surface area (Å²) in [7, 11) is 0. The molecule has 0 atom stereocenters. The number of fused-ring (bicyclic) bond motifs is 1. The van der Waals surface area contributed by atoms with Gasteiger partial charge in [0, 0.05) is 55.4 Å². The zero-order valence-electron chi connectivity index (χ0n) is 15.2. The minimum absolute atomic E-state index is 0.0274. The number of benzene rings is 2. The number of carbonyl (C=O) groups excluding carboxylic acids is 1. The number of anilines is 1. The van der Waals surface area contributed by atoms with Crippen molar-refractivity contribution < 1.29 is 4.79 Å². The molecule has 1 amide bonds. The fourth-order valence-corrected chi connectivity index (χ4v) is 3.82. The quantitative estimate of drug-likeness (QED) is 0.883. The molecule has 5 nitrogen and oxygen atoms in total. The minimum Gasteiger partial charge on any atom is -0.314 e. The van der Waals surface area contributed by atoms with Gasteiger partial charge < -0.3 is 10.2 Å². The normalized spacial score (nSPS) is 18.0. The highest BCUT2D eigenvalue weighted by Crippen LogP contribution is 2.29. The Morgan fingerprint density at radius 3 is 2.59 bits per heavy atom. The lowest BCUT2D eigenvalue weighted by molar-refractivity contribution is -0.117. The SMILES string of the molecule is O=C1CN=C(c2ccccc2)c2cc(Cl)ccc2N1CCN1CCNCC1. The van der Waals surface area contributed by atoms with Crippen LogP contribution in [0.4, 0.5) is 5.69 Å². The first-order chi connectivity index (χ1) is 13.2. The highest BCUT2D eigenvalue weighted by Gasteiger charge is 2.26. The van der Waals surface area contributed by atoms with Crippen LogP contribution in [0.5, 0.6) is 0 Å². The van der Waals surface area contributed by atoms with Crippen LogP contribution in [0.1, 0.15) is 11.1 Å². The fourth-order valence-electron chi connectivity index (χ4n) is 3.65. The second kappa shape index (κ2) is 8.21. The molecule has 0 unspecified atom stereocenters. The van der Waals surface area contributed by atoms with Crippen LogP contribution in [0.15, 0.2) is 53.5 Å². The molecule has 1 saturated heterocycles. The molecular formula is C21H23ClN4O. The van der Waals surface area contributed by atoms with Crippen LogP contribution in [0.25, 0.3) is 0 Å². The number of benzodiazepines with no additional fused rings is 1. The Morgan fingerprint density at radius 1 is 1.04 bits per heavy atom. The second-order valence-corrected chi connectivity index (χ2v) is 7.27. The molecule has 0 radical (unpaired) electrons. The Labute approximate surface area is 164 Å². The van der Waals surface area contributed by atoms with Gasteiger partial charge in [0.25, 0.3) is 0 Å². The van der Waals surface area contributed by atoms with Gasteiger partial charge in [0.2, 0.25) is 5.91 Å². The van der Waals surface area contributed by atoms with E-state index >= 15 is 0 Å². The molecule has 2 aliphatic rings. The Hall–Kier alpha value is -2.21. The number of halogens is 1. The summed E-state index contributed by atoms with van der Waals surface area (Å²) in [5.74, 6) is 0.0274. The fraction of sp³-hybridized carbons (Fsp3) is 0.333. The van der Waals surface area contributed by atoms with Crippen molar-refractivity contribution in [1.82, 2.24) is 10.2 Å². The van der Waals surface area contributed by atoms with Gasteiger partial charge in [-0.25, -0.2) is 0 Å². The largest absolute Gasteiger partial charge is 0.314 e. The van der Waals surface area contributed by atoms with Gasteiger partial charge in [0.1, 0.15) is 6.54 Å². The summed E-state index contributed by atoms with van der Waals surface area (Å²) in [5.41, 5.74) is 3.63. The molecule has 2 aliphatic heterocycles. The average molecular weight is 383 g/mol. The molecule has 2 aromatic rings. The second-order valence-electron chi connectivity index (χ2n) is 6.83. The van der Waals surface area contributed by atoms with Crippen LogP contribution in [-0.2, 0) is 4.79 Å². The van der Waals surface area contributed by atoms with Crippen molar-refractivity contribution in [1.29, 1.82) is 0 Å². The van der Waals surface area contributed by atoms with Gasteiger partial charge in [0.15, 0.2) is 0 Å². The number of amides is 1. The zero-order valence-corrected chi connectivity index (χ0v) is 16.0. The van der Waals surface area contributed by atoms with Crippen molar-refractivity contribution in [2.75, 3.05) is 50.7 Å².